The summed E-state index contributed by atoms with van der Waals surface area (Å²) in [6.45, 7) is 6.37. The lowest BCUT2D eigenvalue weighted by molar-refractivity contribution is 0.155. The van der Waals surface area contributed by atoms with Crippen molar-refractivity contribution in [1.82, 2.24) is 0 Å². The molecule has 2 N–H and O–H groups in total. The van der Waals surface area contributed by atoms with Crippen LogP contribution in [0.1, 0.15) is 45.6 Å². The molecule has 0 fully saturated rings. The van der Waals surface area contributed by atoms with E-state index in [0.29, 0.717) is 0 Å². The van der Waals surface area contributed by atoms with Crippen molar-refractivity contribution in [1.29, 1.82) is 0 Å². The second-order valence-corrected chi connectivity index (χ2v) is 4.86. The Balaban J connectivity index is 2.84. The molecule has 3 nitrogen and oxygen atoms in total. The highest BCUT2D eigenvalue weighted by atomic mass is 16.5. The third-order valence-electron chi connectivity index (χ3n) is 3.42. The first-order valence-electron chi connectivity index (χ1n) is 7.25. The van der Waals surface area contributed by atoms with Crippen LogP contribution >= 0.6 is 0 Å². The molecule has 0 saturated carbocycles. The van der Waals surface area contributed by atoms with Crippen molar-refractivity contribution in [2.24, 2.45) is 5.73 Å². The predicted molar refractivity (Wildman–Crippen MR) is 80.0 cm³/mol. The Bertz CT molecular complexity index is 379. The number of ether oxygens (including phenoxy) is 2. The van der Waals surface area contributed by atoms with E-state index in [1.807, 2.05) is 12.1 Å². The number of benzene rings is 1. The van der Waals surface area contributed by atoms with Crippen molar-refractivity contribution < 1.29 is 9.47 Å². The van der Waals surface area contributed by atoms with Crippen molar-refractivity contribution in [2.75, 3.05) is 7.11 Å². The summed E-state index contributed by atoms with van der Waals surface area (Å²) >= 11 is 0. The Morgan fingerprint density at radius 3 is 2.42 bits per heavy atom. The van der Waals surface area contributed by atoms with Crippen molar-refractivity contribution >= 4 is 0 Å². The SMILES string of the molecule is CCCC(N)C(CC)Oc1ccc(CC)cc1OC. The number of rotatable bonds is 8. The maximum Gasteiger partial charge on any atom is 0.161 e. The first-order valence-corrected chi connectivity index (χ1v) is 7.25. The fraction of sp³-hybridized carbons (Fsp3) is 0.625. The van der Waals surface area contributed by atoms with Crippen molar-refractivity contribution in [3.63, 3.8) is 0 Å². The number of aryl methyl sites for hydroxylation is 1. The van der Waals surface area contributed by atoms with Gasteiger partial charge in [0.15, 0.2) is 11.5 Å². The molecule has 0 aliphatic heterocycles. The molecule has 0 bridgehead atoms. The summed E-state index contributed by atoms with van der Waals surface area (Å²) in [7, 11) is 1.68. The van der Waals surface area contributed by atoms with Crippen LogP contribution in [-0.4, -0.2) is 19.3 Å². The minimum Gasteiger partial charge on any atom is -0.493 e. The van der Waals surface area contributed by atoms with E-state index >= 15 is 0 Å². The lowest BCUT2D eigenvalue weighted by atomic mass is 10.0. The fourth-order valence-electron chi connectivity index (χ4n) is 2.19. The van der Waals surface area contributed by atoms with E-state index in [9.17, 15) is 0 Å². The first-order chi connectivity index (χ1) is 9.15. The Labute approximate surface area is 117 Å². The number of hydrogen-bond acceptors (Lipinski definition) is 3. The summed E-state index contributed by atoms with van der Waals surface area (Å²) in [4.78, 5) is 0. The third-order valence-corrected chi connectivity index (χ3v) is 3.42. The van der Waals surface area contributed by atoms with Gasteiger partial charge >= 0.3 is 0 Å². The molecule has 108 valence electrons. The van der Waals surface area contributed by atoms with E-state index < -0.39 is 0 Å². The zero-order chi connectivity index (χ0) is 14.3. The minimum absolute atomic E-state index is 0.0429. The largest absolute Gasteiger partial charge is 0.493 e. The lowest BCUT2D eigenvalue weighted by Crippen LogP contribution is -2.38. The van der Waals surface area contributed by atoms with Gasteiger partial charge in [-0.3, -0.25) is 0 Å². The van der Waals surface area contributed by atoms with Gasteiger partial charge in [0.2, 0.25) is 0 Å². The fourth-order valence-corrected chi connectivity index (χ4v) is 2.19. The Morgan fingerprint density at radius 1 is 1.16 bits per heavy atom. The van der Waals surface area contributed by atoms with Crippen LogP contribution in [0, 0.1) is 0 Å². The van der Waals surface area contributed by atoms with Gasteiger partial charge in [0.1, 0.15) is 6.10 Å². The van der Waals surface area contributed by atoms with Crippen LogP contribution in [0.2, 0.25) is 0 Å². The average Bonchev–Trinajstić information content (AvgIpc) is 2.44. The third kappa shape index (κ3) is 4.43. The predicted octanol–water partition coefficient (Wildman–Crippen LogP) is 3.54. The van der Waals surface area contributed by atoms with Gasteiger partial charge in [0, 0.05) is 6.04 Å². The molecule has 1 rings (SSSR count). The molecular formula is C16H27NO2. The van der Waals surface area contributed by atoms with Gasteiger partial charge in [-0.15, -0.1) is 0 Å². The zero-order valence-corrected chi connectivity index (χ0v) is 12.6. The summed E-state index contributed by atoms with van der Waals surface area (Å²) in [6.07, 6.45) is 3.99. The summed E-state index contributed by atoms with van der Waals surface area (Å²) in [5.74, 6) is 1.58. The molecular weight excluding hydrogens is 238 g/mol. The van der Waals surface area contributed by atoms with Gasteiger partial charge in [0.25, 0.3) is 0 Å². The Hall–Kier alpha value is -1.22. The highest BCUT2D eigenvalue weighted by molar-refractivity contribution is 5.43. The maximum atomic E-state index is 6.17. The molecule has 2 atom stereocenters. The summed E-state index contributed by atoms with van der Waals surface area (Å²) in [5.41, 5.74) is 7.41. The lowest BCUT2D eigenvalue weighted by Gasteiger charge is -2.24. The quantitative estimate of drug-likeness (QED) is 0.782. The highest BCUT2D eigenvalue weighted by Gasteiger charge is 2.18. The van der Waals surface area contributed by atoms with Crippen LogP contribution in [0.3, 0.4) is 0 Å². The minimum atomic E-state index is 0.0429. The normalized spacial score (nSPS) is 13.9. The van der Waals surface area contributed by atoms with Crippen LogP contribution in [0.4, 0.5) is 0 Å². The van der Waals surface area contributed by atoms with Crippen LogP contribution < -0.4 is 15.2 Å². The van der Waals surface area contributed by atoms with Crippen molar-refractivity contribution in [3.05, 3.63) is 23.8 Å². The standard InChI is InChI=1S/C16H27NO2/c1-5-8-13(17)14(7-3)19-15-10-9-12(6-2)11-16(15)18-4/h9-11,13-14H,5-8,17H2,1-4H3. The molecule has 0 heterocycles. The number of hydrogen-bond donors (Lipinski definition) is 1. The molecule has 0 aliphatic carbocycles. The van der Waals surface area contributed by atoms with Crippen molar-refractivity contribution in [2.45, 2.75) is 58.6 Å². The highest BCUT2D eigenvalue weighted by Crippen LogP contribution is 2.30. The van der Waals surface area contributed by atoms with Gasteiger partial charge in [-0.25, -0.2) is 0 Å². The second kappa shape index (κ2) is 8.05. The second-order valence-electron chi connectivity index (χ2n) is 4.86. The van der Waals surface area contributed by atoms with E-state index in [0.717, 1.165) is 37.2 Å². The smallest absolute Gasteiger partial charge is 0.161 e. The van der Waals surface area contributed by atoms with E-state index in [1.54, 1.807) is 7.11 Å². The Kier molecular flexibility index (Phi) is 6.71. The summed E-state index contributed by atoms with van der Waals surface area (Å²) in [5, 5.41) is 0. The molecule has 0 spiro atoms. The van der Waals surface area contributed by atoms with Gasteiger partial charge in [-0.2, -0.15) is 0 Å². The molecule has 0 aromatic heterocycles. The molecule has 1 aromatic rings. The average molecular weight is 265 g/mol. The van der Waals surface area contributed by atoms with Gasteiger partial charge in [-0.05, 0) is 37.0 Å². The summed E-state index contributed by atoms with van der Waals surface area (Å²) < 4.78 is 11.5. The molecule has 1 aromatic carbocycles. The summed E-state index contributed by atoms with van der Waals surface area (Å²) in [6, 6.07) is 6.17. The zero-order valence-electron chi connectivity index (χ0n) is 12.6. The van der Waals surface area contributed by atoms with Gasteiger partial charge < -0.3 is 15.2 Å². The van der Waals surface area contributed by atoms with Crippen LogP contribution in [0.5, 0.6) is 11.5 Å². The number of methoxy groups -OCH3 is 1. The van der Waals surface area contributed by atoms with E-state index in [4.69, 9.17) is 15.2 Å². The van der Waals surface area contributed by atoms with E-state index in [-0.39, 0.29) is 12.1 Å². The van der Waals surface area contributed by atoms with Crippen molar-refractivity contribution in [3.8, 4) is 11.5 Å². The topological polar surface area (TPSA) is 44.5 Å². The first kappa shape index (κ1) is 15.8. The molecule has 3 heteroatoms. The van der Waals surface area contributed by atoms with Crippen LogP contribution in [0.25, 0.3) is 0 Å². The molecule has 0 radical (unpaired) electrons. The van der Waals surface area contributed by atoms with Gasteiger partial charge in [0.05, 0.1) is 7.11 Å². The Morgan fingerprint density at radius 2 is 1.89 bits per heavy atom. The van der Waals surface area contributed by atoms with Crippen LogP contribution in [0.15, 0.2) is 18.2 Å². The molecule has 19 heavy (non-hydrogen) atoms. The van der Waals surface area contributed by atoms with E-state index in [1.165, 1.54) is 5.56 Å². The van der Waals surface area contributed by atoms with Crippen LogP contribution in [-0.2, 0) is 6.42 Å². The number of nitrogens with two attached hydrogens (primary N) is 1. The maximum absolute atomic E-state index is 6.17. The van der Waals surface area contributed by atoms with E-state index in [2.05, 4.69) is 26.8 Å². The molecule has 2 unspecified atom stereocenters. The monoisotopic (exact) mass is 265 g/mol. The molecule has 0 aliphatic rings. The van der Waals surface area contributed by atoms with Gasteiger partial charge in [-0.1, -0.05) is 33.3 Å². The molecule has 0 saturated heterocycles. The molecule has 0 amide bonds.